The lowest BCUT2D eigenvalue weighted by Crippen LogP contribution is -2.37. The molecule has 0 aromatic carbocycles. The van der Waals surface area contributed by atoms with Crippen molar-refractivity contribution in [3.63, 3.8) is 0 Å². The molecule has 0 atom stereocenters. The van der Waals surface area contributed by atoms with Crippen molar-refractivity contribution in [2.75, 3.05) is 32.1 Å². The van der Waals surface area contributed by atoms with Crippen LogP contribution in [0.2, 0.25) is 0 Å². The van der Waals surface area contributed by atoms with Crippen molar-refractivity contribution in [3.8, 4) is 0 Å². The molecule has 5 heteroatoms. The second-order valence-electron chi connectivity index (χ2n) is 4.44. The SMILES string of the molecule is CCN(CC(=O)N(C)C)c1ncc(CO)cc1C. The monoisotopic (exact) mass is 251 g/mol. The fraction of sp³-hybridized carbons (Fsp3) is 0.538. The summed E-state index contributed by atoms with van der Waals surface area (Å²) in [4.78, 5) is 19.6. The van der Waals surface area contributed by atoms with Crippen LogP contribution in [0.4, 0.5) is 5.82 Å². The van der Waals surface area contributed by atoms with E-state index in [-0.39, 0.29) is 12.5 Å². The second kappa shape index (κ2) is 6.35. The Kier molecular flexibility index (Phi) is 5.09. The molecule has 1 aromatic rings. The van der Waals surface area contributed by atoms with Crippen molar-refractivity contribution in [1.29, 1.82) is 0 Å². The Balaban J connectivity index is 2.91. The number of nitrogens with zero attached hydrogens (tertiary/aromatic N) is 3. The van der Waals surface area contributed by atoms with E-state index < -0.39 is 0 Å². The fourth-order valence-corrected chi connectivity index (χ4v) is 1.68. The van der Waals surface area contributed by atoms with Gasteiger partial charge in [-0.05, 0) is 31.0 Å². The Morgan fingerprint density at radius 1 is 1.44 bits per heavy atom. The molecule has 0 unspecified atom stereocenters. The summed E-state index contributed by atoms with van der Waals surface area (Å²) in [5.41, 5.74) is 1.75. The van der Waals surface area contributed by atoms with E-state index in [4.69, 9.17) is 5.11 Å². The lowest BCUT2D eigenvalue weighted by atomic mass is 10.2. The van der Waals surface area contributed by atoms with Gasteiger partial charge in [-0.2, -0.15) is 0 Å². The van der Waals surface area contributed by atoms with Gasteiger partial charge in [-0.15, -0.1) is 0 Å². The quantitative estimate of drug-likeness (QED) is 0.841. The Bertz CT molecular complexity index is 419. The van der Waals surface area contributed by atoms with Gasteiger partial charge < -0.3 is 14.9 Å². The molecule has 0 fully saturated rings. The van der Waals surface area contributed by atoms with Crippen LogP contribution < -0.4 is 4.90 Å². The van der Waals surface area contributed by atoms with Crippen LogP contribution >= 0.6 is 0 Å². The number of hydrogen-bond donors (Lipinski definition) is 1. The molecule has 100 valence electrons. The van der Waals surface area contributed by atoms with E-state index in [1.54, 1.807) is 25.2 Å². The zero-order chi connectivity index (χ0) is 13.7. The van der Waals surface area contributed by atoms with E-state index >= 15 is 0 Å². The maximum atomic E-state index is 11.7. The highest BCUT2D eigenvalue weighted by Gasteiger charge is 2.14. The van der Waals surface area contributed by atoms with Crippen molar-refractivity contribution < 1.29 is 9.90 Å². The Hall–Kier alpha value is -1.62. The Morgan fingerprint density at radius 2 is 2.11 bits per heavy atom. The first kappa shape index (κ1) is 14.4. The van der Waals surface area contributed by atoms with E-state index in [9.17, 15) is 4.79 Å². The number of pyridine rings is 1. The van der Waals surface area contributed by atoms with Crippen LogP contribution in [0.5, 0.6) is 0 Å². The standard InChI is InChI=1S/C13H21N3O2/c1-5-16(8-12(18)15(3)4)13-10(2)6-11(9-17)7-14-13/h6-7,17H,5,8-9H2,1-4H3. The summed E-state index contributed by atoms with van der Waals surface area (Å²) >= 11 is 0. The predicted molar refractivity (Wildman–Crippen MR) is 71.5 cm³/mol. The van der Waals surface area contributed by atoms with Gasteiger partial charge in [0.25, 0.3) is 0 Å². The molecular weight excluding hydrogens is 230 g/mol. The van der Waals surface area contributed by atoms with Gasteiger partial charge in [0, 0.05) is 26.8 Å². The fourth-order valence-electron chi connectivity index (χ4n) is 1.68. The Morgan fingerprint density at radius 3 is 2.56 bits per heavy atom. The molecule has 0 bridgehead atoms. The molecule has 0 radical (unpaired) electrons. The number of aromatic nitrogens is 1. The molecule has 18 heavy (non-hydrogen) atoms. The molecule has 1 N–H and O–H groups in total. The first-order valence-corrected chi connectivity index (χ1v) is 6.01. The van der Waals surface area contributed by atoms with Gasteiger partial charge in [0.15, 0.2) is 0 Å². The first-order chi connectivity index (χ1) is 8.49. The van der Waals surface area contributed by atoms with E-state index in [2.05, 4.69) is 4.98 Å². The summed E-state index contributed by atoms with van der Waals surface area (Å²) in [5, 5.41) is 9.05. The number of carbonyl (C=O) groups is 1. The number of aryl methyl sites for hydroxylation is 1. The number of hydrogen-bond acceptors (Lipinski definition) is 4. The molecule has 5 nitrogen and oxygen atoms in total. The van der Waals surface area contributed by atoms with E-state index in [1.165, 1.54) is 0 Å². The smallest absolute Gasteiger partial charge is 0.241 e. The van der Waals surface area contributed by atoms with E-state index in [0.29, 0.717) is 13.1 Å². The molecule has 0 spiro atoms. The van der Waals surface area contributed by atoms with Crippen molar-refractivity contribution in [2.24, 2.45) is 0 Å². The lowest BCUT2D eigenvalue weighted by molar-refractivity contribution is -0.127. The molecule has 0 saturated heterocycles. The molecule has 1 rings (SSSR count). The van der Waals surface area contributed by atoms with Crippen molar-refractivity contribution in [2.45, 2.75) is 20.5 Å². The number of aliphatic hydroxyl groups excluding tert-OH is 1. The van der Waals surface area contributed by atoms with Crippen LogP contribution in [0.15, 0.2) is 12.3 Å². The van der Waals surface area contributed by atoms with Crippen LogP contribution in [-0.4, -0.2) is 48.1 Å². The third-order valence-electron chi connectivity index (χ3n) is 2.80. The van der Waals surface area contributed by atoms with Gasteiger partial charge in [-0.1, -0.05) is 0 Å². The average molecular weight is 251 g/mol. The highest BCUT2D eigenvalue weighted by Crippen LogP contribution is 2.17. The summed E-state index contributed by atoms with van der Waals surface area (Å²) in [6.07, 6.45) is 1.64. The van der Waals surface area contributed by atoms with E-state index in [0.717, 1.165) is 16.9 Å². The number of carbonyl (C=O) groups excluding carboxylic acids is 1. The highest BCUT2D eigenvalue weighted by molar-refractivity contribution is 5.80. The Labute approximate surface area is 108 Å². The predicted octanol–water partition coefficient (Wildman–Crippen LogP) is 0.797. The molecular formula is C13H21N3O2. The minimum atomic E-state index is -0.0170. The zero-order valence-electron chi connectivity index (χ0n) is 11.5. The minimum absolute atomic E-state index is 0.0170. The van der Waals surface area contributed by atoms with Gasteiger partial charge in [0.05, 0.1) is 13.2 Å². The van der Waals surface area contributed by atoms with Crippen LogP contribution in [-0.2, 0) is 11.4 Å². The molecule has 0 saturated carbocycles. The molecule has 0 aliphatic heterocycles. The normalized spacial score (nSPS) is 10.3. The number of likely N-dealkylation sites (N-methyl/N-ethyl adjacent to an activating group) is 2. The van der Waals surface area contributed by atoms with Gasteiger partial charge >= 0.3 is 0 Å². The molecule has 0 aliphatic rings. The van der Waals surface area contributed by atoms with Crippen LogP contribution in [0.1, 0.15) is 18.1 Å². The summed E-state index contributed by atoms with van der Waals surface area (Å²) < 4.78 is 0. The maximum absolute atomic E-state index is 11.7. The second-order valence-corrected chi connectivity index (χ2v) is 4.44. The number of aliphatic hydroxyl groups is 1. The van der Waals surface area contributed by atoms with E-state index in [1.807, 2.05) is 24.8 Å². The van der Waals surface area contributed by atoms with Gasteiger partial charge in [0.2, 0.25) is 5.91 Å². The first-order valence-electron chi connectivity index (χ1n) is 6.01. The van der Waals surface area contributed by atoms with Crippen molar-refractivity contribution in [3.05, 3.63) is 23.4 Å². The summed E-state index contributed by atoms with van der Waals surface area (Å²) in [5.74, 6) is 0.842. The van der Waals surface area contributed by atoms with Crippen molar-refractivity contribution in [1.82, 2.24) is 9.88 Å². The molecule has 1 aromatic heterocycles. The van der Waals surface area contributed by atoms with Crippen molar-refractivity contribution >= 4 is 11.7 Å². The van der Waals surface area contributed by atoms with Crippen LogP contribution in [0.3, 0.4) is 0 Å². The lowest BCUT2D eigenvalue weighted by Gasteiger charge is -2.24. The summed E-state index contributed by atoms with van der Waals surface area (Å²) in [6, 6.07) is 1.89. The van der Waals surface area contributed by atoms with Gasteiger partial charge in [-0.3, -0.25) is 4.79 Å². The van der Waals surface area contributed by atoms with Crippen LogP contribution in [0, 0.1) is 6.92 Å². The molecule has 0 aliphatic carbocycles. The minimum Gasteiger partial charge on any atom is -0.392 e. The molecule has 1 amide bonds. The molecule has 1 heterocycles. The number of anilines is 1. The average Bonchev–Trinajstić information content (AvgIpc) is 2.35. The summed E-state index contributed by atoms with van der Waals surface area (Å²) in [6.45, 7) is 4.94. The third-order valence-corrected chi connectivity index (χ3v) is 2.80. The highest BCUT2D eigenvalue weighted by atomic mass is 16.3. The largest absolute Gasteiger partial charge is 0.392 e. The van der Waals surface area contributed by atoms with Crippen LogP contribution in [0.25, 0.3) is 0 Å². The van der Waals surface area contributed by atoms with Gasteiger partial charge in [-0.25, -0.2) is 4.98 Å². The summed E-state index contributed by atoms with van der Waals surface area (Å²) in [7, 11) is 3.48. The number of amides is 1. The third kappa shape index (κ3) is 3.43. The number of rotatable bonds is 5. The van der Waals surface area contributed by atoms with Gasteiger partial charge in [0.1, 0.15) is 5.82 Å². The maximum Gasteiger partial charge on any atom is 0.241 e. The zero-order valence-corrected chi connectivity index (χ0v) is 11.5. The topological polar surface area (TPSA) is 56.7 Å².